The number of halogens is 5. The molecule has 0 bridgehead atoms. The lowest BCUT2D eigenvalue weighted by Gasteiger charge is -2.37. The van der Waals surface area contributed by atoms with Crippen molar-refractivity contribution in [2.45, 2.75) is 206 Å². The smallest absolute Gasteiger partial charge is 0.508 e. The summed E-state index contributed by atoms with van der Waals surface area (Å²) >= 11 is 1.48. The van der Waals surface area contributed by atoms with Crippen LogP contribution in [-0.2, 0) is 31.5 Å². The van der Waals surface area contributed by atoms with Crippen LogP contribution in [0.1, 0.15) is 251 Å². The summed E-state index contributed by atoms with van der Waals surface area (Å²) in [5, 5.41) is 40.1. The quantitative estimate of drug-likeness (QED) is 0.0446. The van der Waals surface area contributed by atoms with Gasteiger partial charge in [-0.05, 0) is 241 Å². The Morgan fingerprint density at radius 2 is 1.09 bits per heavy atom. The number of ketones is 3. The van der Waals surface area contributed by atoms with E-state index in [-0.39, 0.29) is 124 Å². The molecule has 8 aromatic heterocycles. The van der Waals surface area contributed by atoms with Gasteiger partial charge in [0.05, 0.1) is 112 Å². The van der Waals surface area contributed by atoms with E-state index in [1.54, 1.807) is 75.9 Å². The zero-order valence-corrected chi connectivity index (χ0v) is 82.6. The van der Waals surface area contributed by atoms with Gasteiger partial charge in [0.15, 0.2) is 45.1 Å². The van der Waals surface area contributed by atoms with Crippen molar-refractivity contribution in [3.8, 4) is 17.5 Å². The number of carboxylic acid groups (broad SMARTS) is 2. The molecule has 3 saturated carbocycles. The van der Waals surface area contributed by atoms with E-state index in [2.05, 4.69) is 31.4 Å². The first kappa shape index (κ1) is 100. The highest BCUT2D eigenvalue weighted by Crippen LogP contribution is 2.52. The van der Waals surface area contributed by atoms with Crippen molar-refractivity contribution in [1.29, 1.82) is 5.26 Å². The summed E-state index contributed by atoms with van der Waals surface area (Å²) in [4.78, 5) is 151. The third-order valence-corrected chi connectivity index (χ3v) is 31.0. The van der Waals surface area contributed by atoms with Crippen LogP contribution in [0.3, 0.4) is 0 Å². The van der Waals surface area contributed by atoms with E-state index in [0.29, 0.717) is 155 Å². The third kappa shape index (κ3) is 18.3. The number of aryl methyl sites for hydroxylation is 5. The Morgan fingerprint density at radius 3 is 1.65 bits per heavy atom. The standard InChI is InChI=1S/C23H24FN3O2.C22H22FN3O5S.C17H17FN2O3.C17H15FN2O2.C16H17NO3.C14H12FNO3/c1-13(28)19-12-27(16-6-7-16)21-17(23(19)29)8-20(24)22(18(21)9-25)26-10-14-4-2-3-5-15(14)11-26;1-11(27)19-20(28)14-8-15(23)17(9-16(14)26-13(3)32-21(19)26)25-6-4-24(5-7-25)10-18-12(2)30-22(29)31-18;1-8-7-23-16-13(17(19)3-4-17)12(18)5-10-14(16)20(8)6-11(9(2)21)15(10)22;1-3-19-10-13(11(2)21)17(22)12-8-14(18)16(9-15(12)19)20-6-4-5-7-20;1-8-6-12-14-11(10(8)3)5-4-9(2)17(14)7-13(15(12)18)16(19)20;1-7-2-3-8-4-9(15)5-10-12(8)16(7)6-11(13(10)17)14(18)19/h8,12,14-16H,2-7,10-11H2,1H3;8-9,13H,4-7,10H2,1-3H3;5-6,8H,3-4,7,19H2,1-2H3;4-10,21H,2-3H2,1H3;6-7,9H,4-5H2,1-3H3,(H,19,20);4-7H,2-3H2,1H3,(H,18,19)/t14-,15+;;8-;;;/m..0.../s1. The fourth-order valence-electron chi connectivity index (χ4n) is 21.6. The van der Waals surface area contributed by atoms with Gasteiger partial charge >= 0.3 is 17.8 Å². The number of nitrogens with two attached hydrogens (primary N) is 1. The SMILES string of the molecule is C=C(O)c1cn(CC)c2cc(-n3cccc3)c(F)cc2c1=O.CC(=O)c1c2n(c3cc(N4CCN(Cc5oc(=O)oc5C)CC4)c(F)cc3c1=O)C(C)S2.CC(=O)c1cn(C2CC2)c2c(C#N)c(N3C[C@H]4CCCC[C@H]4C3)c(F)cc2c1=O.CC(=O)c1cn2c3c(c(C4(N)CC4)c(F)cc3c1=O)OC[C@@H]2C.CC1CCc2cc(F)cc3c(=O)c(C(=O)O)cn1c23.Cc1cc2c(=O)c(C(=O)O)cn3c2c(c1C)CCC3C. The summed E-state index contributed by atoms with van der Waals surface area (Å²) in [6.45, 7) is 28.4. The van der Waals surface area contributed by atoms with Crippen molar-refractivity contribution in [2.24, 2.45) is 17.6 Å². The van der Waals surface area contributed by atoms with Gasteiger partial charge in [-0.1, -0.05) is 31.2 Å². The van der Waals surface area contributed by atoms with E-state index in [9.17, 15) is 86.2 Å². The number of aromatic carboxylic acids is 2. The summed E-state index contributed by atoms with van der Waals surface area (Å²) in [5.41, 5.74) is 12.4. The van der Waals surface area contributed by atoms with Gasteiger partial charge in [-0.15, -0.1) is 0 Å². The van der Waals surface area contributed by atoms with Crippen molar-refractivity contribution < 1.29 is 74.8 Å². The summed E-state index contributed by atoms with van der Waals surface area (Å²) in [7, 11) is 0. The lowest BCUT2D eigenvalue weighted by molar-refractivity contribution is 0.0683. The molecule has 752 valence electrons. The number of carbonyl (C=O) groups is 5. The van der Waals surface area contributed by atoms with Crippen LogP contribution >= 0.6 is 11.8 Å². The molecule has 6 aliphatic heterocycles. The molecular formula is C109H107F5N12O18S. The number of anilines is 2. The van der Waals surface area contributed by atoms with Crippen LogP contribution in [-0.4, -0.2) is 127 Å². The maximum absolute atomic E-state index is 15.3. The van der Waals surface area contributed by atoms with Gasteiger partial charge < -0.3 is 76.4 Å². The van der Waals surface area contributed by atoms with E-state index < -0.39 is 79.5 Å². The molecule has 36 heteroatoms. The molecule has 5 N–H and O–H groups in total. The lowest BCUT2D eigenvalue weighted by atomic mass is 9.82. The van der Waals surface area contributed by atoms with Crippen LogP contribution < -0.4 is 58.7 Å². The molecule has 6 aromatic carbocycles. The molecule has 5 fully saturated rings. The van der Waals surface area contributed by atoms with Gasteiger partial charge in [0, 0.05) is 134 Å². The molecule has 0 spiro atoms. The monoisotopic (exact) mass is 2000 g/mol. The molecule has 14 heterocycles. The molecule has 3 unspecified atom stereocenters. The second-order valence-corrected chi connectivity index (χ2v) is 40.6. The number of fused-ring (bicyclic) bond motifs is 6. The number of Topliss-reactive ketones (excluding diaryl/α,β-unsaturated/α-hetero) is 3. The maximum atomic E-state index is 15.3. The number of benzene rings is 6. The molecule has 0 radical (unpaired) electrons. The fraction of sp³-hybridized carbons (Fsp3) is 0.367. The number of thioether (sulfide) groups is 1. The third-order valence-electron chi connectivity index (χ3n) is 29.8. The van der Waals surface area contributed by atoms with Gasteiger partial charge in [-0.25, -0.2) is 36.3 Å². The zero-order valence-electron chi connectivity index (χ0n) is 81.8. The number of piperazine rings is 1. The number of pyridine rings is 6. The molecule has 14 aromatic rings. The molecule has 6 atom stereocenters. The van der Waals surface area contributed by atoms with Crippen LogP contribution in [0.15, 0.2) is 164 Å². The average molecular weight is 2000 g/mol. The predicted octanol–water partition coefficient (Wildman–Crippen LogP) is 18.2. The molecule has 0 amide bonds. The van der Waals surface area contributed by atoms with Gasteiger partial charge in [0.25, 0.3) is 0 Å². The van der Waals surface area contributed by atoms with Crippen LogP contribution in [0.4, 0.5) is 33.3 Å². The molecule has 30 nitrogen and oxygen atoms in total. The molecule has 2 saturated heterocycles. The highest BCUT2D eigenvalue weighted by molar-refractivity contribution is 8.00. The minimum atomic E-state index is -1.28. The second kappa shape index (κ2) is 39.0. The van der Waals surface area contributed by atoms with E-state index in [0.717, 1.165) is 80.7 Å². The number of rotatable bonds is 14. The molecular weight excluding hydrogens is 1890 g/mol. The lowest BCUT2D eigenvalue weighted by Crippen LogP contribution is -2.46. The Hall–Kier alpha value is -14.8. The largest absolute Gasteiger partial charge is 0.519 e. The second-order valence-electron chi connectivity index (χ2n) is 39.3. The van der Waals surface area contributed by atoms with Crippen molar-refractivity contribution in [3.63, 3.8) is 0 Å². The molecule has 23 rings (SSSR count). The molecule has 145 heavy (non-hydrogen) atoms. The topological polar surface area (TPSA) is 395 Å². The number of nitrogens with zero attached hydrogens (tertiary/aromatic N) is 11. The van der Waals surface area contributed by atoms with Crippen LogP contribution in [0, 0.1) is 73.0 Å². The van der Waals surface area contributed by atoms with Gasteiger partial charge in [0.2, 0.25) is 16.3 Å². The highest BCUT2D eigenvalue weighted by Gasteiger charge is 2.47. The van der Waals surface area contributed by atoms with Crippen molar-refractivity contribution in [3.05, 3.63) is 296 Å². The van der Waals surface area contributed by atoms with E-state index >= 15 is 8.78 Å². The van der Waals surface area contributed by atoms with Gasteiger partial charge in [-0.2, -0.15) is 5.26 Å². The van der Waals surface area contributed by atoms with Crippen LogP contribution in [0.5, 0.6) is 5.75 Å². The number of aliphatic hydroxyl groups is 1. The van der Waals surface area contributed by atoms with E-state index in [1.165, 1.54) is 99.2 Å². The van der Waals surface area contributed by atoms with Gasteiger partial charge in [0.1, 0.15) is 70.0 Å². The minimum absolute atomic E-state index is 0.0602. The summed E-state index contributed by atoms with van der Waals surface area (Å²) in [6, 6.07) is 18.9. The van der Waals surface area contributed by atoms with Crippen molar-refractivity contribution in [2.75, 3.05) is 55.7 Å². The number of hydrogen-bond donors (Lipinski definition) is 4. The maximum Gasteiger partial charge on any atom is 0.519 e. The number of hydrogen-bond acceptors (Lipinski definition) is 22. The normalized spacial score (nSPS) is 18.6. The first-order chi connectivity index (χ1) is 69.0. The Balaban J connectivity index is 0.000000115. The van der Waals surface area contributed by atoms with Crippen molar-refractivity contribution in [1.82, 2.24) is 36.9 Å². The molecule has 9 aliphatic rings. The number of nitriles is 1. The van der Waals surface area contributed by atoms with Gasteiger partial charge in [-0.3, -0.25) is 48.1 Å². The molecule has 3 aliphatic carbocycles. The number of carboxylic acids is 2. The first-order valence-corrected chi connectivity index (χ1v) is 49.4. The van der Waals surface area contributed by atoms with E-state index in [1.807, 2.05) is 68.8 Å². The summed E-state index contributed by atoms with van der Waals surface area (Å²) < 4.78 is 102. The number of ether oxygens (including phenoxy) is 1. The van der Waals surface area contributed by atoms with Crippen LogP contribution in [0.2, 0.25) is 0 Å². The summed E-state index contributed by atoms with van der Waals surface area (Å²) in [5.74, 6) is -4.53. The predicted molar refractivity (Wildman–Crippen MR) is 541 cm³/mol. The number of aliphatic hydroxyl groups excluding tert-OH is 1. The highest BCUT2D eigenvalue weighted by atomic mass is 32.2. The number of carbonyl (C=O) groups excluding carboxylic acids is 3. The summed E-state index contributed by atoms with van der Waals surface area (Å²) in [6.07, 6.45) is 22.4. The first-order valence-electron chi connectivity index (χ1n) is 48.5. The zero-order chi connectivity index (χ0) is 104. The van der Waals surface area contributed by atoms with E-state index in [4.69, 9.17) is 24.4 Å². The van der Waals surface area contributed by atoms with Crippen molar-refractivity contribution >= 4 is 124 Å². The Kier molecular flexibility index (Phi) is 27.0. The Labute approximate surface area is 829 Å². The average Bonchev–Trinajstić information content (AvgIpc) is 1.60. The Morgan fingerprint density at radius 1 is 0.559 bits per heavy atom. The van der Waals surface area contributed by atoms with Crippen LogP contribution in [0.25, 0.3) is 76.9 Å². The number of aromatic nitrogens is 7. The fourth-order valence-corrected chi connectivity index (χ4v) is 22.8. The minimum Gasteiger partial charge on any atom is -0.508 e. The Bertz CT molecular complexity index is 8380.